The van der Waals surface area contributed by atoms with Crippen LogP contribution in [0.25, 0.3) is 11.4 Å². The molecule has 0 radical (unpaired) electrons. The number of amides is 1. The lowest BCUT2D eigenvalue weighted by molar-refractivity contribution is -0.137. The highest BCUT2D eigenvalue weighted by Crippen LogP contribution is 2.32. The van der Waals surface area contributed by atoms with Gasteiger partial charge in [0, 0.05) is 30.0 Å². The Balaban J connectivity index is 1.42. The third-order valence-corrected chi connectivity index (χ3v) is 5.89. The Bertz CT molecular complexity index is 1230. The number of piperidine rings is 1. The first kappa shape index (κ1) is 26.4. The van der Waals surface area contributed by atoms with Gasteiger partial charge in [0.15, 0.2) is 0 Å². The van der Waals surface area contributed by atoms with E-state index in [1.807, 2.05) is 0 Å². The summed E-state index contributed by atoms with van der Waals surface area (Å²) in [7, 11) is 0. The first-order chi connectivity index (χ1) is 17.3. The number of tetrazole rings is 1. The Morgan fingerprint density at radius 3 is 2.35 bits per heavy atom. The number of aliphatic hydroxyl groups is 1. The van der Waals surface area contributed by atoms with Crippen LogP contribution in [0.3, 0.4) is 0 Å². The van der Waals surface area contributed by atoms with Gasteiger partial charge in [-0.15, -0.1) is 10.2 Å². The van der Waals surface area contributed by atoms with Gasteiger partial charge >= 0.3 is 12.3 Å². The van der Waals surface area contributed by atoms with Gasteiger partial charge in [0.1, 0.15) is 5.60 Å². The minimum Gasteiger partial charge on any atom is -0.444 e. The second-order valence-electron chi connectivity index (χ2n) is 10.1. The van der Waals surface area contributed by atoms with E-state index in [4.69, 9.17) is 4.74 Å². The van der Waals surface area contributed by atoms with Gasteiger partial charge in [-0.2, -0.15) is 18.0 Å². The average molecular weight is 519 g/mol. The number of nitrogens with zero attached hydrogens (tertiary/aromatic N) is 5. The number of likely N-dealkylation sites (tertiary alicyclic amines) is 1. The molecule has 2 heterocycles. The molecule has 198 valence electrons. The number of benzene rings is 2. The molecule has 0 saturated carbocycles. The van der Waals surface area contributed by atoms with Crippen LogP contribution in [0.15, 0.2) is 48.5 Å². The van der Waals surface area contributed by atoms with Crippen molar-refractivity contribution in [2.24, 2.45) is 0 Å². The van der Waals surface area contributed by atoms with Gasteiger partial charge in [0.2, 0.25) is 5.82 Å². The normalized spacial score (nSPS) is 15.9. The van der Waals surface area contributed by atoms with Gasteiger partial charge in [0.05, 0.1) is 17.7 Å². The van der Waals surface area contributed by atoms with Gasteiger partial charge < -0.3 is 20.1 Å². The van der Waals surface area contributed by atoms with Crippen molar-refractivity contribution >= 4 is 17.5 Å². The predicted molar refractivity (Wildman–Crippen MR) is 130 cm³/mol. The fraction of sp³-hybridized carbons (Fsp3) is 0.440. The highest BCUT2D eigenvalue weighted by atomic mass is 19.4. The smallest absolute Gasteiger partial charge is 0.416 e. The largest absolute Gasteiger partial charge is 0.444 e. The molecule has 9 nitrogen and oxygen atoms in total. The zero-order valence-corrected chi connectivity index (χ0v) is 20.8. The Hall–Kier alpha value is -3.67. The predicted octanol–water partition coefficient (Wildman–Crippen LogP) is 4.86. The minimum atomic E-state index is -4.41. The van der Waals surface area contributed by atoms with Crippen molar-refractivity contribution in [2.75, 3.05) is 18.4 Å². The standard InChI is InChI=1S/C25H29F3N6O3/c1-23(2,3)37-22(35)33-14-12-24(36,13-15-33)16-34-31-21(30-32-34)19-6-4-5-7-20(19)29-18-10-8-17(9-11-18)25(26,27)28/h4-11,29,36H,12-16H2,1-3H3. The number of nitrogens with one attached hydrogen (secondary N) is 1. The number of carbonyl (C=O) groups excluding carboxylic acids is 1. The first-order valence-electron chi connectivity index (χ1n) is 11.8. The average Bonchev–Trinajstić information content (AvgIpc) is 3.26. The van der Waals surface area contributed by atoms with Crippen LogP contribution in [-0.2, 0) is 17.5 Å². The summed E-state index contributed by atoms with van der Waals surface area (Å²) in [5.74, 6) is 0.296. The maximum Gasteiger partial charge on any atom is 0.416 e. The van der Waals surface area contributed by atoms with Crippen LogP contribution < -0.4 is 5.32 Å². The lowest BCUT2D eigenvalue weighted by atomic mass is 9.92. The van der Waals surface area contributed by atoms with Crippen LogP contribution in [0.4, 0.5) is 29.3 Å². The van der Waals surface area contributed by atoms with Crippen LogP contribution in [0.5, 0.6) is 0 Å². The van der Waals surface area contributed by atoms with E-state index in [2.05, 4.69) is 20.7 Å². The van der Waals surface area contributed by atoms with E-state index in [0.29, 0.717) is 48.7 Å². The molecule has 0 bridgehead atoms. The van der Waals surface area contributed by atoms with Gasteiger partial charge in [-0.25, -0.2) is 4.79 Å². The molecule has 1 saturated heterocycles. The number of para-hydroxylation sites is 1. The molecule has 1 aromatic heterocycles. The third-order valence-electron chi connectivity index (χ3n) is 5.89. The summed E-state index contributed by atoms with van der Waals surface area (Å²) in [6.45, 7) is 6.18. The molecule has 12 heteroatoms. The summed E-state index contributed by atoms with van der Waals surface area (Å²) < 4.78 is 44.0. The van der Waals surface area contributed by atoms with Crippen molar-refractivity contribution in [3.63, 3.8) is 0 Å². The van der Waals surface area contributed by atoms with Gasteiger partial charge in [0.25, 0.3) is 0 Å². The summed E-state index contributed by atoms with van der Waals surface area (Å²) in [4.78, 5) is 15.2. The SMILES string of the molecule is CC(C)(C)OC(=O)N1CCC(O)(Cn2nnc(-c3ccccc3Nc3ccc(C(F)(F)F)cc3)n2)CC1. The fourth-order valence-corrected chi connectivity index (χ4v) is 3.96. The third kappa shape index (κ3) is 6.76. The van der Waals surface area contributed by atoms with Crippen molar-refractivity contribution in [3.8, 4) is 11.4 Å². The Labute approximate surface area is 212 Å². The lowest BCUT2D eigenvalue weighted by Crippen LogP contribution is -2.50. The molecule has 2 aromatic carbocycles. The van der Waals surface area contributed by atoms with E-state index in [0.717, 1.165) is 12.1 Å². The van der Waals surface area contributed by atoms with Crippen molar-refractivity contribution in [1.82, 2.24) is 25.1 Å². The second-order valence-corrected chi connectivity index (χ2v) is 10.1. The molecule has 0 aliphatic carbocycles. The molecule has 2 N–H and O–H groups in total. The maximum atomic E-state index is 12.9. The Kier molecular flexibility index (Phi) is 7.13. The summed E-state index contributed by atoms with van der Waals surface area (Å²) in [5.41, 5.74) is -0.783. The number of anilines is 2. The van der Waals surface area contributed by atoms with Crippen LogP contribution in [0.1, 0.15) is 39.2 Å². The molecule has 1 aliphatic rings. The van der Waals surface area contributed by atoms with Crippen molar-refractivity contribution in [2.45, 2.75) is 57.5 Å². The highest BCUT2D eigenvalue weighted by molar-refractivity contribution is 5.77. The number of halogens is 3. The van der Waals surface area contributed by atoms with E-state index in [1.54, 1.807) is 49.9 Å². The molecule has 0 spiro atoms. The number of aromatic nitrogens is 4. The first-order valence-corrected chi connectivity index (χ1v) is 11.8. The topological polar surface area (TPSA) is 105 Å². The number of rotatable bonds is 5. The molecular weight excluding hydrogens is 489 g/mol. The van der Waals surface area contributed by atoms with E-state index >= 15 is 0 Å². The monoisotopic (exact) mass is 518 g/mol. The molecule has 4 rings (SSSR count). The molecular formula is C25H29F3N6O3. The van der Waals surface area contributed by atoms with E-state index < -0.39 is 29.0 Å². The number of alkyl halides is 3. The van der Waals surface area contributed by atoms with Gasteiger partial charge in [-0.3, -0.25) is 0 Å². The van der Waals surface area contributed by atoms with Crippen LogP contribution >= 0.6 is 0 Å². The summed E-state index contributed by atoms with van der Waals surface area (Å²) >= 11 is 0. The lowest BCUT2D eigenvalue weighted by Gasteiger charge is -2.38. The van der Waals surface area contributed by atoms with Gasteiger partial charge in [-0.1, -0.05) is 12.1 Å². The maximum absolute atomic E-state index is 12.9. The molecule has 0 atom stereocenters. The second kappa shape index (κ2) is 10.0. The quantitative estimate of drug-likeness (QED) is 0.497. The Morgan fingerprint density at radius 2 is 1.73 bits per heavy atom. The minimum absolute atomic E-state index is 0.0939. The molecule has 37 heavy (non-hydrogen) atoms. The van der Waals surface area contributed by atoms with E-state index in [-0.39, 0.29) is 6.54 Å². The number of carbonyl (C=O) groups is 1. The van der Waals surface area contributed by atoms with Crippen LogP contribution in [0, 0.1) is 0 Å². The van der Waals surface area contributed by atoms with Crippen LogP contribution in [0.2, 0.25) is 0 Å². The molecule has 0 unspecified atom stereocenters. The van der Waals surface area contributed by atoms with Gasteiger partial charge in [-0.05, 0) is 75.2 Å². The highest BCUT2D eigenvalue weighted by Gasteiger charge is 2.36. The van der Waals surface area contributed by atoms with Crippen molar-refractivity contribution in [1.29, 1.82) is 0 Å². The van der Waals surface area contributed by atoms with Crippen molar-refractivity contribution in [3.05, 3.63) is 54.1 Å². The van der Waals surface area contributed by atoms with E-state index in [1.165, 1.54) is 16.9 Å². The van der Waals surface area contributed by atoms with Crippen LogP contribution in [-0.4, -0.2) is 60.6 Å². The zero-order chi connectivity index (χ0) is 26.8. The molecule has 1 fully saturated rings. The molecule has 3 aromatic rings. The summed E-state index contributed by atoms with van der Waals surface area (Å²) in [6, 6.07) is 11.8. The van der Waals surface area contributed by atoms with Crippen molar-refractivity contribution < 1.29 is 27.8 Å². The number of hydrogen-bond donors (Lipinski definition) is 2. The zero-order valence-electron chi connectivity index (χ0n) is 20.8. The number of ether oxygens (including phenoxy) is 1. The summed E-state index contributed by atoms with van der Waals surface area (Å²) in [6.07, 6.45) is -4.16. The fourth-order valence-electron chi connectivity index (χ4n) is 3.96. The van der Waals surface area contributed by atoms with E-state index in [9.17, 15) is 23.1 Å². The molecule has 1 amide bonds. The number of hydrogen-bond acceptors (Lipinski definition) is 7. The summed E-state index contributed by atoms with van der Waals surface area (Å²) in [5, 5.41) is 26.8. The Morgan fingerprint density at radius 1 is 1.08 bits per heavy atom. The molecule has 1 aliphatic heterocycles.